The summed E-state index contributed by atoms with van der Waals surface area (Å²) in [4.78, 5) is 27.1. The molecule has 3 rings (SSSR count). The number of urea groups is 1. The molecule has 0 radical (unpaired) electrons. The van der Waals surface area contributed by atoms with Gasteiger partial charge >= 0.3 is 18.4 Å². The van der Waals surface area contributed by atoms with Gasteiger partial charge in [0.1, 0.15) is 11.6 Å². The monoisotopic (exact) mass is 504 g/mol. The average molecular weight is 504 g/mol. The summed E-state index contributed by atoms with van der Waals surface area (Å²) < 4.78 is 84.6. The predicted molar refractivity (Wildman–Crippen MR) is 113 cm³/mol. The standard InChI is InChI=1S/C21H20F4N2O6S/c1-32-19(28)14-5-6-15(18(22)11-14)13-27(20(29)26-7-9-34(30,31)10-8-26)16-3-2-4-17(12-16)33-21(23,24)25/h2-6,11-12H,7-10,13H2,1H3. The molecule has 0 aliphatic carbocycles. The van der Waals surface area contributed by atoms with E-state index in [0.29, 0.717) is 0 Å². The minimum Gasteiger partial charge on any atom is -0.465 e. The van der Waals surface area contributed by atoms with Gasteiger partial charge in [-0.05, 0) is 24.3 Å². The van der Waals surface area contributed by atoms with Crippen LogP contribution in [0, 0.1) is 5.82 Å². The van der Waals surface area contributed by atoms with Crippen molar-refractivity contribution in [3.63, 3.8) is 0 Å². The van der Waals surface area contributed by atoms with E-state index >= 15 is 0 Å². The van der Waals surface area contributed by atoms with Gasteiger partial charge in [0.25, 0.3) is 0 Å². The Morgan fingerprint density at radius 3 is 2.35 bits per heavy atom. The van der Waals surface area contributed by atoms with Gasteiger partial charge in [0.2, 0.25) is 0 Å². The van der Waals surface area contributed by atoms with Crippen LogP contribution in [-0.2, 0) is 21.1 Å². The fourth-order valence-corrected chi connectivity index (χ4v) is 4.48. The van der Waals surface area contributed by atoms with Crippen molar-refractivity contribution >= 4 is 27.5 Å². The van der Waals surface area contributed by atoms with Gasteiger partial charge in [0.15, 0.2) is 9.84 Å². The molecule has 0 unspecified atom stereocenters. The lowest BCUT2D eigenvalue weighted by Crippen LogP contribution is -2.49. The predicted octanol–water partition coefficient (Wildman–Crippen LogP) is 3.37. The van der Waals surface area contributed by atoms with Gasteiger partial charge in [-0.2, -0.15) is 0 Å². The van der Waals surface area contributed by atoms with Gasteiger partial charge in [-0.15, -0.1) is 13.2 Å². The number of esters is 1. The Morgan fingerprint density at radius 1 is 1.09 bits per heavy atom. The van der Waals surface area contributed by atoms with E-state index in [1.165, 1.54) is 29.2 Å². The zero-order valence-electron chi connectivity index (χ0n) is 17.8. The van der Waals surface area contributed by atoms with Gasteiger partial charge in [0.05, 0.1) is 30.7 Å². The van der Waals surface area contributed by atoms with Gasteiger partial charge in [-0.3, -0.25) is 4.90 Å². The number of ether oxygens (including phenoxy) is 2. The molecule has 2 aromatic rings. The second-order valence-corrected chi connectivity index (χ2v) is 9.65. The summed E-state index contributed by atoms with van der Waals surface area (Å²) in [5.41, 5.74) is -0.132. The molecule has 0 bridgehead atoms. The summed E-state index contributed by atoms with van der Waals surface area (Å²) in [7, 11) is -2.18. The molecule has 184 valence electrons. The third-order valence-corrected chi connectivity index (χ3v) is 6.62. The van der Waals surface area contributed by atoms with Crippen LogP contribution in [0.25, 0.3) is 0 Å². The molecule has 1 fully saturated rings. The molecule has 0 spiro atoms. The zero-order chi connectivity index (χ0) is 25.1. The first-order valence-corrected chi connectivity index (χ1v) is 11.7. The highest BCUT2D eigenvalue weighted by Crippen LogP contribution is 2.29. The van der Waals surface area contributed by atoms with Crippen molar-refractivity contribution in [2.24, 2.45) is 0 Å². The number of carbonyl (C=O) groups is 2. The van der Waals surface area contributed by atoms with Crippen molar-refractivity contribution in [3.05, 3.63) is 59.4 Å². The van der Waals surface area contributed by atoms with E-state index < -0.39 is 46.3 Å². The van der Waals surface area contributed by atoms with Crippen molar-refractivity contribution < 1.29 is 45.0 Å². The maximum atomic E-state index is 14.7. The molecular weight excluding hydrogens is 484 g/mol. The van der Waals surface area contributed by atoms with E-state index in [9.17, 15) is 35.6 Å². The molecular formula is C21H20F4N2O6S. The Balaban J connectivity index is 1.95. The summed E-state index contributed by atoms with van der Waals surface area (Å²) in [6.45, 7) is -0.662. The third-order valence-electron chi connectivity index (χ3n) is 5.01. The number of amides is 2. The molecule has 1 heterocycles. The van der Waals surface area contributed by atoms with E-state index in [1.807, 2.05) is 0 Å². The fourth-order valence-electron chi connectivity index (χ4n) is 3.28. The van der Waals surface area contributed by atoms with Crippen LogP contribution in [0.5, 0.6) is 5.75 Å². The lowest BCUT2D eigenvalue weighted by atomic mass is 10.1. The Kier molecular flexibility index (Phi) is 7.34. The molecule has 0 saturated carbocycles. The van der Waals surface area contributed by atoms with Crippen LogP contribution < -0.4 is 9.64 Å². The van der Waals surface area contributed by atoms with Crippen LogP contribution >= 0.6 is 0 Å². The van der Waals surface area contributed by atoms with Gasteiger partial charge in [0, 0.05) is 30.4 Å². The van der Waals surface area contributed by atoms with Crippen LogP contribution in [0.4, 0.5) is 28.0 Å². The van der Waals surface area contributed by atoms with E-state index in [2.05, 4.69) is 9.47 Å². The SMILES string of the molecule is COC(=O)c1ccc(CN(C(=O)N2CCS(=O)(=O)CC2)c2cccc(OC(F)(F)F)c2)c(F)c1. The minimum atomic E-state index is -4.97. The molecule has 0 atom stereocenters. The first kappa shape index (κ1) is 25.3. The maximum absolute atomic E-state index is 14.7. The Labute approximate surface area is 192 Å². The molecule has 1 aliphatic heterocycles. The lowest BCUT2D eigenvalue weighted by molar-refractivity contribution is -0.274. The smallest absolute Gasteiger partial charge is 0.465 e. The molecule has 1 saturated heterocycles. The highest BCUT2D eigenvalue weighted by Gasteiger charge is 2.33. The first-order chi connectivity index (χ1) is 15.9. The number of alkyl halides is 3. The van der Waals surface area contributed by atoms with Crippen molar-refractivity contribution in [3.8, 4) is 5.75 Å². The van der Waals surface area contributed by atoms with Gasteiger partial charge in [-0.1, -0.05) is 12.1 Å². The van der Waals surface area contributed by atoms with Crippen LogP contribution in [0.2, 0.25) is 0 Å². The molecule has 1 aliphatic rings. The molecule has 0 N–H and O–H groups in total. The number of carbonyl (C=O) groups excluding carboxylic acids is 2. The van der Waals surface area contributed by atoms with E-state index in [4.69, 9.17) is 0 Å². The number of sulfone groups is 1. The topological polar surface area (TPSA) is 93.2 Å². The summed E-state index contributed by atoms with van der Waals surface area (Å²) in [6, 6.07) is 7.29. The maximum Gasteiger partial charge on any atom is 0.573 e. The quantitative estimate of drug-likeness (QED) is 0.458. The molecule has 2 amide bonds. The molecule has 13 heteroatoms. The zero-order valence-corrected chi connectivity index (χ0v) is 18.7. The van der Waals surface area contributed by atoms with Crippen molar-refractivity contribution in [1.82, 2.24) is 4.90 Å². The number of rotatable bonds is 5. The van der Waals surface area contributed by atoms with Gasteiger partial charge < -0.3 is 14.4 Å². The van der Waals surface area contributed by atoms with Gasteiger partial charge in [-0.25, -0.2) is 22.4 Å². The van der Waals surface area contributed by atoms with Crippen molar-refractivity contribution in [2.45, 2.75) is 12.9 Å². The number of anilines is 1. The number of nitrogens with zero attached hydrogens (tertiary/aromatic N) is 2. The van der Waals surface area contributed by atoms with Crippen LogP contribution in [0.3, 0.4) is 0 Å². The first-order valence-electron chi connectivity index (χ1n) is 9.88. The summed E-state index contributed by atoms with van der Waals surface area (Å²) >= 11 is 0. The highest BCUT2D eigenvalue weighted by atomic mass is 32.2. The number of hydrogen-bond donors (Lipinski definition) is 0. The number of methoxy groups -OCH3 is 1. The second-order valence-electron chi connectivity index (χ2n) is 7.35. The van der Waals surface area contributed by atoms with E-state index in [-0.39, 0.29) is 41.4 Å². The highest BCUT2D eigenvalue weighted by molar-refractivity contribution is 7.91. The number of hydrogen-bond acceptors (Lipinski definition) is 6. The number of benzene rings is 2. The number of halogens is 4. The Bertz CT molecular complexity index is 1170. The van der Waals surface area contributed by atoms with Crippen LogP contribution in [-0.4, -0.2) is 63.4 Å². The average Bonchev–Trinajstić information content (AvgIpc) is 2.76. The Hall–Kier alpha value is -3.35. The molecule has 34 heavy (non-hydrogen) atoms. The van der Waals surface area contributed by atoms with Crippen molar-refractivity contribution in [2.75, 3.05) is 36.6 Å². The third kappa shape index (κ3) is 6.37. The van der Waals surface area contributed by atoms with Crippen molar-refractivity contribution in [1.29, 1.82) is 0 Å². The molecule has 8 nitrogen and oxygen atoms in total. The lowest BCUT2D eigenvalue weighted by Gasteiger charge is -2.33. The largest absolute Gasteiger partial charge is 0.573 e. The molecule has 0 aromatic heterocycles. The van der Waals surface area contributed by atoms with E-state index in [1.54, 1.807) is 0 Å². The van der Waals surface area contributed by atoms with Crippen LogP contribution in [0.1, 0.15) is 15.9 Å². The second kappa shape index (κ2) is 9.87. The Morgan fingerprint density at radius 2 is 1.76 bits per heavy atom. The fraction of sp³-hybridized carbons (Fsp3) is 0.333. The van der Waals surface area contributed by atoms with E-state index in [0.717, 1.165) is 30.2 Å². The normalized spacial score (nSPS) is 15.5. The minimum absolute atomic E-state index is 0.0309. The molecule has 2 aromatic carbocycles. The summed E-state index contributed by atoms with van der Waals surface area (Å²) in [5, 5.41) is 0. The van der Waals surface area contributed by atoms with Crippen LogP contribution in [0.15, 0.2) is 42.5 Å². The summed E-state index contributed by atoms with van der Waals surface area (Å²) in [5.74, 6) is -2.75. The summed E-state index contributed by atoms with van der Waals surface area (Å²) in [6.07, 6.45) is -4.97.